The molecular formula is C18H13N3O6S. The molecule has 0 radical (unpaired) electrons. The van der Waals surface area contributed by atoms with E-state index in [1.54, 1.807) is 37.3 Å². The molecule has 0 aliphatic rings. The van der Waals surface area contributed by atoms with Crippen molar-refractivity contribution in [3.8, 4) is 11.7 Å². The molecule has 0 aromatic carbocycles. The van der Waals surface area contributed by atoms with E-state index in [1.165, 1.54) is 12.5 Å². The zero-order chi connectivity index (χ0) is 19.5. The van der Waals surface area contributed by atoms with E-state index < -0.39 is 5.97 Å². The fourth-order valence-corrected chi connectivity index (χ4v) is 3.32. The Kier molecular flexibility index (Phi) is 4.77. The predicted molar refractivity (Wildman–Crippen MR) is 97.6 cm³/mol. The number of thiazole rings is 1. The second-order valence-corrected chi connectivity index (χ2v) is 6.45. The summed E-state index contributed by atoms with van der Waals surface area (Å²) in [7, 11) is 0. The SMILES string of the molecule is CCOC(=O)C(c1nnc(-c2ccco2)o1)=c1[nH]c(=O)c(=Cc2ccco2)s1. The average molecular weight is 399 g/mol. The number of carbonyl (C=O) groups is 1. The first-order chi connectivity index (χ1) is 13.7. The van der Waals surface area contributed by atoms with Crippen molar-refractivity contribution in [2.24, 2.45) is 0 Å². The quantitative estimate of drug-likeness (QED) is 0.498. The van der Waals surface area contributed by atoms with Crippen molar-refractivity contribution in [2.75, 3.05) is 6.61 Å². The van der Waals surface area contributed by atoms with Gasteiger partial charge in [-0.05, 0) is 31.2 Å². The van der Waals surface area contributed by atoms with Crippen molar-refractivity contribution >= 4 is 29.0 Å². The monoisotopic (exact) mass is 399 g/mol. The maximum absolute atomic E-state index is 12.5. The molecular weight excluding hydrogens is 386 g/mol. The molecule has 0 aliphatic heterocycles. The Hall–Kier alpha value is -3.66. The third kappa shape index (κ3) is 3.45. The summed E-state index contributed by atoms with van der Waals surface area (Å²) in [5, 5.41) is 7.80. The number of hydrogen-bond acceptors (Lipinski definition) is 9. The van der Waals surface area contributed by atoms with Gasteiger partial charge in [-0.2, -0.15) is 0 Å². The summed E-state index contributed by atoms with van der Waals surface area (Å²) >= 11 is 1.05. The average Bonchev–Trinajstić information content (AvgIpc) is 3.44. The van der Waals surface area contributed by atoms with Crippen LogP contribution in [-0.2, 0) is 9.53 Å². The van der Waals surface area contributed by atoms with Crippen LogP contribution in [0.1, 0.15) is 18.6 Å². The molecule has 0 fully saturated rings. The maximum atomic E-state index is 12.5. The van der Waals surface area contributed by atoms with Gasteiger partial charge in [0.15, 0.2) is 11.3 Å². The molecule has 1 N–H and O–H groups in total. The molecule has 4 aromatic rings. The highest BCUT2D eigenvalue weighted by molar-refractivity contribution is 7.07. The number of furan rings is 2. The minimum absolute atomic E-state index is 0.0339. The first-order valence-electron chi connectivity index (χ1n) is 8.19. The van der Waals surface area contributed by atoms with Gasteiger partial charge in [-0.15, -0.1) is 21.5 Å². The molecule has 4 rings (SSSR count). The van der Waals surface area contributed by atoms with Crippen LogP contribution in [0.2, 0.25) is 0 Å². The Balaban J connectivity index is 1.88. The fraction of sp³-hybridized carbons (Fsp3) is 0.111. The van der Waals surface area contributed by atoms with Gasteiger partial charge >= 0.3 is 5.97 Å². The van der Waals surface area contributed by atoms with E-state index in [0.29, 0.717) is 16.1 Å². The van der Waals surface area contributed by atoms with Crippen LogP contribution >= 0.6 is 11.3 Å². The van der Waals surface area contributed by atoms with E-state index >= 15 is 0 Å². The van der Waals surface area contributed by atoms with E-state index in [0.717, 1.165) is 11.3 Å². The highest BCUT2D eigenvalue weighted by Gasteiger charge is 2.24. The van der Waals surface area contributed by atoms with E-state index in [-0.39, 0.29) is 34.2 Å². The van der Waals surface area contributed by atoms with Gasteiger partial charge in [0.05, 0.1) is 23.7 Å². The Morgan fingerprint density at radius 2 is 2.07 bits per heavy atom. The molecule has 0 aliphatic carbocycles. The van der Waals surface area contributed by atoms with Gasteiger partial charge in [0.1, 0.15) is 10.4 Å². The van der Waals surface area contributed by atoms with Crippen LogP contribution in [-0.4, -0.2) is 27.8 Å². The number of aromatic amines is 1. The van der Waals surface area contributed by atoms with Crippen molar-refractivity contribution in [2.45, 2.75) is 6.92 Å². The molecule has 9 nitrogen and oxygen atoms in total. The fourth-order valence-electron chi connectivity index (χ4n) is 2.36. The molecule has 0 saturated heterocycles. The Labute approximate surface area is 160 Å². The number of carbonyl (C=O) groups excluding carboxylic acids is 1. The molecule has 0 saturated carbocycles. The first kappa shape index (κ1) is 17.7. The second kappa shape index (κ2) is 7.53. The number of esters is 1. The molecule has 10 heteroatoms. The maximum Gasteiger partial charge on any atom is 0.346 e. The molecule has 0 unspecified atom stereocenters. The van der Waals surface area contributed by atoms with Crippen molar-refractivity contribution in [1.82, 2.24) is 15.2 Å². The van der Waals surface area contributed by atoms with E-state index in [4.69, 9.17) is 18.0 Å². The molecule has 28 heavy (non-hydrogen) atoms. The highest BCUT2D eigenvalue weighted by atomic mass is 32.1. The summed E-state index contributed by atoms with van der Waals surface area (Å²) in [4.78, 5) is 27.5. The largest absolute Gasteiger partial charge is 0.465 e. The third-order valence-corrected chi connectivity index (χ3v) is 4.59. The van der Waals surface area contributed by atoms with Crippen LogP contribution < -0.4 is 14.8 Å². The first-order valence-corrected chi connectivity index (χ1v) is 9.01. The van der Waals surface area contributed by atoms with Crippen LogP contribution in [0.5, 0.6) is 0 Å². The number of nitrogens with one attached hydrogen (secondary N) is 1. The molecule has 142 valence electrons. The molecule has 0 bridgehead atoms. The lowest BCUT2D eigenvalue weighted by Gasteiger charge is -2.01. The number of H-pyrrole nitrogens is 1. The lowest BCUT2D eigenvalue weighted by molar-refractivity contribution is -0.136. The van der Waals surface area contributed by atoms with E-state index in [1.807, 2.05) is 0 Å². The normalized spacial score (nSPS) is 13.0. The van der Waals surface area contributed by atoms with Crippen LogP contribution in [0, 0.1) is 0 Å². The summed E-state index contributed by atoms with van der Waals surface area (Å²) in [5.74, 6) is 0.178. The van der Waals surface area contributed by atoms with Crippen molar-refractivity contribution in [3.05, 3.63) is 68.0 Å². The smallest absolute Gasteiger partial charge is 0.346 e. The summed E-state index contributed by atoms with van der Waals surface area (Å²) in [6, 6.07) is 6.73. The molecule has 4 aromatic heterocycles. The van der Waals surface area contributed by atoms with E-state index in [9.17, 15) is 9.59 Å². The van der Waals surface area contributed by atoms with Gasteiger partial charge in [0.2, 0.25) is 0 Å². The summed E-state index contributed by atoms with van der Waals surface area (Å²) in [5.41, 5.74) is -0.419. The lowest BCUT2D eigenvalue weighted by Crippen LogP contribution is -2.22. The minimum atomic E-state index is -0.695. The number of rotatable bonds is 5. The summed E-state index contributed by atoms with van der Waals surface area (Å²) in [6.07, 6.45) is 4.53. The van der Waals surface area contributed by atoms with Crippen LogP contribution in [0.15, 0.2) is 54.8 Å². The zero-order valence-corrected chi connectivity index (χ0v) is 15.3. The zero-order valence-electron chi connectivity index (χ0n) is 14.5. The summed E-state index contributed by atoms with van der Waals surface area (Å²) in [6.45, 7) is 1.81. The van der Waals surface area contributed by atoms with E-state index in [2.05, 4.69) is 15.2 Å². The lowest BCUT2D eigenvalue weighted by atomic mass is 10.3. The van der Waals surface area contributed by atoms with Crippen molar-refractivity contribution in [3.63, 3.8) is 0 Å². The third-order valence-electron chi connectivity index (χ3n) is 3.56. The number of nitrogens with zero attached hydrogens (tertiary/aromatic N) is 2. The Morgan fingerprint density at radius 3 is 2.79 bits per heavy atom. The molecule has 0 atom stereocenters. The standard InChI is InChI=1S/C18H13N3O6S/c1-2-24-18(23)13(16-21-20-15(27-16)11-6-4-8-26-11)17-19-14(22)12(28-17)9-10-5-3-7-25-10/h3-9H,2H2,1H3,(H,19,22). The van der Waals surface area contributed by atoms with Gasteiger partial charge in [0, 0.05) is 6.08 Å². The Morgan fingerprint density at radius 1 is 1.25 bits per heavy atom. The second-order valence-electron chi connectivity index (χ2n) is 5.39. The van der Waals surface area contributed by atoms with Crippen LogP contribution in [0.25, 0.3) is 23.3 Å². The predicted octanol–water partition coefficient (Wildman–Crippen LogP) is 1.26. The topological polar surface area (TPSA) is 124 Å². The number of ether oxygens (including phenoxy) is 1. The van der Waals surface area contributed by atoms with Crippen molar-refractivity contribution < 1.29 is 22.8 Å². The van der Waals surface area contributed by atoms with Gasteiger partial charge in [-0.1, -0.05) is 0 Å². The molecule has 0 spiro atoms. The number of hydrogen-bond donors (Lipinski definition) is 1. The highest BCUT2D eigenvalue weighted by Crippen LogP contribution is 2.21. The van der Waals surface area contributed by atoms with Gasteiger partial charge in [-0.3, -0.25) is 4.79 Å². The molecule has 0 amide bonds. The van der Waals surface area contributed by atoms with Crippen LogP contribution in [0.4, 0.5) is 0 Å². The number of aromatic nitrogens is 3. The Bertz CT molecular complexity index is 1260. The summed E-state index contributed by atoms with van der Waals surface area (Å²) < 4.78 is 21.7. The van der Waals surface area contributed by atoms with Gasteiger partial charge in [0.25, 0.3) is 17.3 Å². The van der Waals surface area contributed by atoms with Gasteiger partial charge < -0.3 is 23.0 Å². The van der Waals surface area contributed by atoms with Crippen molar-refractivity contribution in [1.29, 1.82) is 0 Å². The van der Waals surface area contributed by atoms with Gasteiger partial charge in [-0.25, -0.2) is 4.79 Å². The minimum Gasteiger partial charge on any atom is -0.465 e. The van der Waals surface area contributed by atoms with Crippen LogP contribution in [0.3, 0.4) is 0 Å². The molecule has 4 heterocycles.